The highest BCUT2D eigenvalue weighted by Crippen LogP contribution is 2.30. The van der Waals surface area contributed by atoms with E-state index in [4.69, 9.17) is 5.11 Å². The third kappa shape index (κ3) is 2.33. The Morgan fingerprint density at radius 3 is 2.83 bits per heavy atom. The van der Waals surface area contributed by atoms with E-state index in [-0.39, 0.29) is 10.9 Å². The Morgan fingerprint density at radius 2 is 2.22 bits per heavy atom. The van der Waals surface area contributed by atoms with Crippen molar-refractivity contribution >= 4 is 23.6 Å². The van der Waals surface area contributed by atoms with Crippen molar-refractivity contribution in [3.63, 3.8) is 0 Å². The molecule has 0 aliphatic carbocycles. The molecule has 2 unspecified atom stereocenters. The van der Waals surface area contributed by atoms with E-state index in [0.29, 0.717) is 5.75 Å². The fourth-order valence-corrected chi connectivity index (χ4v) is 3.08. The monoisotopic (exact) mass is 269 g/mol. The number of carboxylic acids is 1. The first-order valence-electron chi connectivity index (χ1n) is 5.43. The molecule has 1 aromatic carbocycles. The minimum absolute atomic E-state index is 0.176. The molecule has 0 aromatic heterocycles. The number of amides is 1. The molecule has 2 atom stereocenters. The van der Waals surface area contributed by atoms with Crippen LogP contribution in [0.3, 0.4) is 0 Å². The maximum Gasteiger partial charge on any atom is 0.327 e. The molecule has 1 saturated heterocycles. The molecule has 1 amide bonds. The van der Waals surface area contributed by atoms with Crippen LogP contribution < -0.4 is 0 Å². The van der Waals surface area contributed by atoms with Gasteiger partial charge in [-0.15, -0.1) is 11.8 Å². The zero-order valence-corrected chi connectivity index (χ0v) is 10.5. The number of hydrogen-bond donors (Lipinski definition) is 1. The molecule has 0 radical (unpaired) electrons. The van der Waals surface area contributed by atoms with E-state index in [2.05, 4.69) is 0 Å². The van der Waals surface area contributed by atoms with Crippen LogP contribution in [0.2, 0.25) is 0 Å². The summed E-state index contributed by atoms with van der Waals surface area (Å²) < 4.78 is 13.1. The zero-order valence-electron chi connectivity index (χ0n) is 9.67. The van der Waals surface area contributed by atoms with Crippen molar-refractivity contribution < 1.29 is 19.1 Å². The van der Waals surface area contributed by atoms with Crippen molar-refractivity contribution in [2.45, 2.75) is 18.3 Å². The topological polar surface area (TPSA) is 57.6 Å². The van der Waals surface area contributed by atoms with Gasteiger partial charge in [-0.3, -0.25) is 4.79 Å². The molecule has 96 valence electrons. The summed E-state index contributed by atoms with van der Waals surface area (Å²) in [5.41, 5.74) is 0.176. The maximum atomic E-state index is 13.1. The van der Waals surface area contributed by atoms with E-state index in [1.54, 1.807) is 6.92 Å². The Labute approximate surface area is 108 Å². The SMILES string of the molecule is CC1SCC(C(=O)O)N1C(=O)c1cccc(F)c1. The van der Waals surface area contributed by atoms with Crippen LogP contribution in [0.25, 0.3) is 0 Å². The Bertz CT molecular complexity index is 494. The molecule has 1 N–H and O–H groups in total. The number of halogens is 1. The van der Waals surface area contributed by atoms with Gasteiger partial charge in [0.1, 0.15) is 11.9 Å². The molecule has 1 heterocycles. The first-order valence-corrected chi connectivity index (χ1v) is 6.48. The lowest BCUT2D eigenvalue weighted by atomic mass is 10.1. The third-order valence-electron chi connectivity index (χ3n) is 2.81. The van der Waals surface area contributed by atoms with Gasteiger partial charge in [0.15, 0.2) is 0 Å². The minimum Gasteiger partial charge on any atom is -0.480 e. The summed E-state index contributed by atoms with van der Waals surface area (Å²) in [5.74, 6) is -1.62. The van der Waals surface area contributed by atoms with Gasteiger partial charge in [0.2, 0.25) is 0 Å². The van der Waals surface area contributed by atoms with Crippen LogP contribution in [0, 0.1) is 5.82 Å². The average Bonchev–Trinajstić information content (AvgIpc) is 2.70. The van der Waals surface area contributed by atoms with Gasteiger partial charge in [-0.05, 0) is 25.1 Å². The van der Waals surface area contributed by atoms with E-state index in [9.17, 15) is 14.0 Å². The van der Waals surface area contributed by atoms with E-state index < -0.39 is 23.7 Å². The summed E-state index contributed by atoms with van der Waals surface area (Å²) in [5, 5.41) is 8.85. The first kappa shape index (κ1) is 12.9. The molecular formula is C12H12FNO3S. The summed E-state index contributed by atoms with van der Waals surface area (Å²) in [4.78, 5) is 24.6. The second kappa shape index (κ2) is 4.97. The minimum atomic E-state index is -1.03. The van der Waals surface area contributed by atoms with Gasteiger partial charge in [0, 0.05) is 11.3 Å². The van der Waals surface area contributed by atoms with Crippen LogP contribution in [-0.2, 0) is 4.79 Å². The molecule has 18 heavy (non-hydrogen) atoms. The number of hydrogen-bond acceptors (Lipinski definition) is 3. The Balaban J connectivity index is 2.29. The van der Waals surface area contributed by atoms with Crippen molar-refractivity contribution in [2.75, 3.05) is 5.75 Å². The smallest absolute Gasteiger partial charge is 0.327 e. The molecule has 0 bridgehead atoms. The zero-order chi connectivity index (χ0) is 13.3. The average molecular weight is 269 g/mol. The highest BCUT2D eigenvalue weighted by atomic mass is 32.2. The van der Waals surface area contributed by atoms with Gasteiger partial charge in [0.25, 0.3) is 5.91 Å². The van der Waals surface area contributed by atoms with Gasteiger partial charge in [-0.25, -0.2) is 9.18 Å². The number of carbonyl (C=O) groups is 2. The van der Waals surface area contributed by atoms with Crippen LogP contribution in [0.4, 0.5) is 4.39 Å². The highest BCUT2D eigenvalue weighted by molar-refractivity contribution is 8.00. The van der Waals surface area contributed by atoms with Crippen LogP contribution in [0.15, 0.2) is 24.3 Å². The van der Waals surface area contributed by atoms with E-state index in [1.165, 1.54) is 34.9 Å². The lowest BCUT2D eigenvalue weighted by Gasteiger charge is -2.25. The predicted molar refractivity (Wildman–Crippen MR) is 65.9 cm³/mol. The molecular weight excluding hydrogens is 257 g/mol. The normalized spacial score (nSPS) is 23.1. The van der Waals surface area contributed by atoms with Gasteiger partial charge in [-0.2, -0.15) is 0 Å². The van der Waals surface area contributed by atoms with Gasteiger partial charge < -0.3 is 10.0 Å². The second-order valence-electron chi connectivity index (χ2n) is 4.01. The number of nitrogens with zero attached hydrogens (tertiary/aromatic N) is 1. The Hall–Kier alpha value is -1.56. The fraction of sp³-hybridized carbons (Fsp3) is 0.333. The summed E-state index contributed by atoms with van der Waals surface area (Å²) in [6.07, 6.45) is 0. The molecule has 1 aliphatic rings. The van der Waals surface area contributed by atoms with Crippen LogP contribution in [0.1, 0.15) is 17.3 Å². The molecule has 1 fully saturated rings. The molecule has 1 aliphatic heterocycles. The van der Waals surface area contributed by atoms with Crippen molar-refractivity contribution in [2.24, 2.45) is 0 Å². The molecule has 2 rings (SSSR count). The third-order valence-corrected chi connectivity index (χ3v) is 4.03. The quantitative estimate of drug-likeness (QED) is 0.889. The van der Waals surface area contributed by atoms with Crippen LogP contribution >= 0.6 is 11.8 Å². The van der Waals surface area contributed by atoms with E-state index in [0.717, 1.165) is 6.07 Å². The van der Waals surface area contributed by atoms with E-state index >= 15 is 0 Å². The standard InChI is InChI=1S/C12H12FNO3S/c1-7-14(10(6-18-7)12(16)17)11(15)8-3-2-4-9(13)5-8/h2-5,7,10H,6H2,1H3,(H,16,17). The first-order chi connectivity index (χ1) is 8.50. The van der Waals surface area contributed by atoms with Crippen molar-refractivity contribution in [3.8, 4) is 0 Å². The maximum absolute atomic E-state index is 13.1. The number of carboxylic acid groups (broad SMARTS) is 1. The molecule has 0 saturated carbocycles. The molecule has 1 aromatic rings. The lowest BCUT2D eigenvalue weighted by Crippen LogP contribution is -2.44. The number of thioether (sulfide) groups is 1. The lowest BCUT2D eigenvalue weighted by molar-refractivity contribution is -0.141. The molecule has 6 heteroatoms. The summed E-state index contributed by atoms with van der Waals surface area (Å²) in [7, 11) is 0. The Kier molecular flexibility index (Phi) is 3.56. The predicted octanol–water partition coefficient (Wildman–Crippen LogP) is 1.81. The number of rotatable bonds is 2. The number of benzene rings is 1. The van der Waals surface area contributed by atoms with Crippen molar-refractivity contribution in [1.82, 2.24) is 4.90 Å². The molecule has 4 nitrogen and oxygen atoms in total. The van der Waals surface area contributed by atoms with Crippen LogP contribution in [0.5, 0.6) is 0 Å². The van der Waals surface area contributed by atoms with Gasteiger partial charge in [0.05, 0.1) is 5.37 Å². The summed E-state index contributed by atoms with van der Waals surface area (Å²) in [6, 6.07) is 4.44. The summed E-state index contributed by atoms with van der Waals surface area (Å²) in [6.45, 7) is 1.77. The van der Waals surface area contributed by atoms with Crippen molar-refractivity contribution in [3.05, 3.63) is 35.6 Å². The van der Waals surface area contributed by atoms with Gasteiger partial charge in [-0.1, -0.05) is 6.07 Å². The molecule has 0 spiro atoms. The van der Waals surface area contributed by atoms with Gasteiger partial charge >= 0.3 is 5.97 Å². The number of aliphatic carboxylic acids is 1. The largest absolute Gasteiger partial charge is 0.480 e. The van der Waals surface area contributed by atoms with Crippen molar-refractivity contribution in [1.29, 1.82) is 0 Å². The highest BCUT2D eigenvalue weighted by Gasteiger charge is 2.39. The number of carbonyl (C=O) groups excluding carboxylic acids is 1. The Morgan fingerprint density at radius 1 is 1.50 bits per heavy atom. The summed E-state index contributed by atoms with van der Waals surface area (Å²) >= 11 is 1.40. The second-order valence-corrected chi connectivity index (χ2v) is 5.36. The van der Waals surface area contributed by atoms with E-state index in [1.807, 2.05) is 0 Å². The van der Waals surface area contributed by atoms with Crippen LogP contribution in [-0.4, -0.2) is 39.1 Å². The fourth-order valence-electron chi connectivity index (χ4n) is 1.91.